The third kappa shape index (κ3) is 4.38. The summed E-state index contributed by atoms with van der Waals surface area (Å²) >= 11 is 11.7. The minimum atomic E-state index is -3.89. The number of rotatable bonds is 4. The van der Waals surface area contributed by atoms with Gasteiger partial charge in [-0.2, -0.15) is 0 Å². The first kappa shape index (κ1) is 18.1. The lowest BCUT2D eigenvalue weighted by Gasteiger charge is -2.06. The molecule has 126 valence electrons. The van der Waals surface area contributed by atoms with E-state index in [1.54, 1.807) is 0 Å². The largest absolute Gasteiger partial charge is 0.506 e. The molecule has 5 N–H and O–H groups in total. The summed E-state index contributed by atoms with van der Waals surface area (Å²) in [6, 6.07) is 8.41. The highest BCUT2D eigenvalue weighted by molar-refractivity contribution is 7.90. The van der Waals surface area contributed by atoms with Crippen molar-refractivity contribution in [2.24, 2.45) is 10.7 Å². The number of nitrogens with zero attached hydrogens (tertiary/aromatic N) is 1. The second-order valence-corrected chi connectivity index (χ2v) is 7.12. The van der Waals surface area contributed by atoms with Crippen LogP contribution < -0.4 is 10.5 Å². The number of aromatic hydroxyl groups is 1. The predicted octanol–water partition coefficient (Wildman–Crippen LogP) is 2.62. The Bertz CT molecular complexity index is 912. The molecule has 0 fully saturated rings. The van der Waals surface area contributed by atoms with E-state index in [0.717, 1.165) is 0 Å². The van der Waals surface area contributed by atoms with Gasteiger partial charge in [0.2, 0.25) is 0 Å². The Balaban J connectivity index is 2.25. The molecule has 0 atom stereocenters. The summed E-state index contributed by atoms with van der Waals surface area (Å²) in [5.74, 6) is -0.833. The molecule has 0 saturated carbocycles. The highest BCUT2D eigenvalue weighted by Gasteiger charge is 2.14. The summed E-state index contributed by atoms with van der Waals surface area (Å²) in [4.78, 5) is 4.05. The smallest absolute Gasteiger partial charge is 0.264 e. The van der Waals surface area contributed by atoms with Crippen molar-refractivity contribution < 1.29 is 13.5 Å². The lowest BCUT2D eigenvalue weighted by Crippen LogP contribution is -2.35. The first-order valence-electron chi connectivity index (χ1n) is 6.38. The second-order valence-electron chi connectivity index (χ2n) is 4.60. The summed E-state index contributed by atoms with van der Waals surface area (Å²) in [5.41, 5.74) is 5.78. The van der Waals surface area contributed by atoms with Crippen molar-refractivity contribution in [1.29, 1.82) is 5.41 Å². The lowest BCUT2D eigenvalue weighted by molar-refractivity contribution is 0.475. The molecule has 0 aliphatic rings. The molecule has 0 aliphatic carbocycles. The van der Waals surface area contributed by atoms with Crippen LogP contribution in [-0.2, 0) is 10.0 Å². The minimum Gasteiger partial charge on any atom is -0.506 e. The number of phenols is 1. The van der Waals surface area contributed by atoms with E-state index in [1.165, 1.54) is 42.6 Å². The highest BCUT2D eigenvalue weighted by Crippen LogP contribution is 2.30. The van der Waals surface area contributed by atoms with Gasteiger partial charge in [-0.3, -0.25) is 10.4 Å². The number of halogens is 2. The Labute approximate surface area is 148 Å². The molecule has 0 radical (unpaired) electrons. The summed E-state index contributed by atoms with van der Waals surface area (Å²) in [6.45, 7) is 0. The predicted molar refractivity (Wildman–Crippen MR) is 94.1 cm³/mol. The van der Waals surface area contributed by atoms with E-state index in [2.05, 4.69) is 4.99 Å². The monoisotopic (exact) mass is 386 g/mol. The fourth-order valence-corrected chi connectivity index (χ4v) is 3.15. The average Bonchev–Trinajstić information content (AvgIpc) is 2.48. The molecule has 2 aromatic carbocycles. The molecule has 0 unspecified atom stereocenters. The van der Waals surface area contributed by atoms with Gasteiger partial charge in [0.1, 0.15) is 5.75 Å². The number of guanidine groups is 1. The number of phenolic OH excluding ortho intramolecular Hbond substituents is 1. The Morgan fingerprint density at radius 3 is 2.46 bits per heavy atom. The van der Waals surface area contributed by atoms with Gasteiger partial charge >= 0.3 is 0 Å². The van der Waals surface area contributed by atoms with Gasteiger partial charge in [-0.1, -0.05) is 23.2 Å². The van der Waals surface area contributed by atoms with E-state index < -0.39 is 16.0 Å². The normalized spacial score (nSPS) is 11.6. The quantitative estimate of drug-likeness (QED) is 0.475. The number of nitrogens with two attached hydrogens (primary N) is 1. The summed E-state index contributed by atoms with van der Waals surface area (Å²) in [6.07, 6.45) is 1.35. The Morgan fingerprint density at radius 1 is 1.25 bits per heavy atom. The molecule has 10 heteroatoms. The molecule has 0 heterocycles. The van der Waals surface area contributed by atoms with Crippen molar-refractivity contribution in [2.45, 2.75) is 4.90 Å². The topological polar surface area (TPSA) is 129 Å². The van der Waals surface area contributed by atoms with Crippen LogP contribution in [0.15, 0.2) is 46.3 Å². The first-order valence-corrected chi connectivity index (χ1v) is 8.62. The van der Waals surface area contributed by atoms with Gasteiger partial charge in [0.05, 0.1) is 15.6 Å². The fourth-order valence-electron chi connectivity index (χ4n) is 1.74. The molecular formula is C14H12Cl2N4O3S. The van der Waals surface area contributed by atoms with Crippen molar-refractivity contribution in [1.82, 2.24) is 4.72 Å². The Hall–Kier alpha value is -2.29. The molecule has 0 bridgehead atoms. The first-order chi connectivity index (χ1) is 11.2. The van der Waals surface area contributed by atoms with Crippen molar-refractivity contribution >= 4 is 51.1 Å². The number of benzene rings is 2. The molecule has 24 heavy (non-hydrogen) atoms. The second kappa shape index (κ2) is 7.08. The van der Waals surface area contributed by atoms with Gasteiger partial charge in [-0.05, 0) is 36.4 Å². The van der Waals surface area contributed by atoms with E-state index in [1.807, 2.05) is 4.72 Å². The van der Waals surface area contributed by atoms with Crippen LogP contribution in [0.4, 0.5) is 5.69 Å². The SMILES string of the molecule is N=C(N)NS(=O)(=O)c1ccc(/N=C/c2cc(Cl)cc(Cl)c2O)cc1. The maximum atomic E-state index is 11.8. The van der Waals surface area contributed by atoms with Crippen molar-refractivity contribution in [3.63, 3.8) is 0 Å². The van der Waals surface area contributed by atoms with Crippen molar-refractivity contribution in [3.8, 4) is 5.75 Å². The van der Waals surface area contributed by atoms with Gasteiger partial charge in [-0.25, -0.2) is 13.1 Å². The molecular weight excluding hydrogens is 375 g/mol. The lowest BCUT2D eigenvalue weighted by atomic mass is 10.2. The maximum Gasteiger partial charge on any atom is 0.264 e. The van der Waals surface area contributed by atoms with E-state index in [0.29, 0.717) is 16.3 Å². The third-order valence-corrected chi connectivity index (χ3v) is 4.69. The minimum absolute atomic E-state index is 0.0645. The third-order valence-electron chi connectivity index (χ3n) is 2.80. The molecule has 0 spiro atoms. The standard InChI is InChI=1S/C14H12Cl2N4O3S/c15-9-5-8(13(21)12(16)6-9)7-19-10-1-3-11(4-2-10)24(22,23)20-14(17)18/h1-7,21H,(H4,17,18,20)/b19-7+. The number of aliphatic imine (C=N–C) groups is 1. The summed E-state index contributed by atoms with van der Waals surface area (Å²) in [5, 5.41) is 17.3. The van der Waals surface area contributed by atoms with Crippen LogP contribution in [0.5, 0.6) is 5.75 Å². The van der Waals surface area contributed by atoms with E-state index in [4.69, 9.17) is 34.3 Å². The zero-order chi connectivity index (χ0) is 17.9. The van der Waals surface area contributed by atoms with Gasteiger partial charge in [0.15, 0.2) is 5.96 Å². The van der Waals surface area contributed by atoms with Crippen LogP contribution in [-0.4, -0.2) is 25.7 Å². The number of nitrogens with one attached hydrogen (secondary N) is 2. The molecule has 2 aromatic rings. The zero-order valence-corrected chi connectivity index (χ0v) is 14.3. The van der Waals surface area contributed by atoms with Crippen LogP contribution >= 0.6 is 23.2 Å². The van der Waals surface area contributed by atoms with Crippen LogP contribution in [0, 0.1) is 5.41 Å². The molecule has 2 rings (SSSR count). The molecule has 0 amide bonds. The molecule has 0 aromatic heterocycles. The number of hydrogen-bond acceptors (Lipinski definition) is 5. The Kier molecular flexibility index (Phi) is 5.33. The van der Waals surface area contributed by atoms with Gasteiger partial charge in [-0.15, -0.1) is 0 Å². The molecule has 0 saturated heterocycles. The van der Waals surface area contributed by atoms with Crippen LogP contribution in [0.2, 0.25) is 10.0 Å². The number of hydrogen-bond donors (Lipinski definition) is 4. The zero-order valence-electron chi connectivity index (χ0n) is 12.0. The number of sulfonamides is 1. The summed E-state index contributed by atoms with van der Waals surface area (Å²) in [7, 11) is -3.89. The van der Waals surface area contributed by atoms with Gasteiger partial charge in [0, 0.05) is 16.8 Å². The maximum absolute atomic E-state index is 11.8. The van der Waals surface area contributed by atoms with E-state index in [-0.39, 0.29) is 15.7 Å². The van der Waals surface area contributed by atoms with Crippen molar-refractivity contribution in [2.75, 3.05) is 0 Å². The van der Waals surface area contributed by atoms with Crippen molar-refractivity contribution in [3.05, 3.63) is 52.0 Å². The fraction of sp³-hybridized carbons (Fsp3) is 0. The average molecular weight is 387 g/mol. The van der Waals surface area contributed by atoms with Crippen LogP contribution in [0.3, 0.4) is 0 Å². The highest BCUT2D eigenvalue weighted by atomic mass is 35.5. The van der Waals surface area contributed by atoms with E-state index >= 15 is 0 Å². The molecule has 0 aliphatic heterocycles. The Morgan fingerprint density at radius 2 is 1.88 bits per heavy atom. The molecule has 7 nitrogen and oxygen atoms in total. The van der Waals surface area contributed by atoms with E-state index in [9.17, 15) is 13.5 Å². The van der Waals surface area contributed by atoms with Gasteiger partial charge < -0.3 is 10.8 Å². The van der Waals surface area contributed by atoms with Crippen LogP contribution in [0.1, 0.15) is 5.56 Å². The van der Waals surface area contributed by atoms with Gasteiger partial charge in [0.25, 0.3) is 10.0 Å². The van der Waals surface area contributed by atoms with Crippen LogP contribution in [0.25, 0.3) is 0 Å². The summed E-state index contributed by atoms with van der Waals surface area (Å²) < 4.78 is 25.5.